The second-order valence-electron chi connectivity index (χ2n) is 4.16. The summed E-state index contributed by atoms with van der Waals surface area (Å²) in [4.78, 5) is 8.68. The van der Waals surface area contributed by atoms with Gasteiger partial charge in [0.15, 0.2) is 17.2 Å². The Balaban J connectivity index is 2.25. The number of ether oxygens (including phenoxy) is 1. The second kappa shape index (κ2) is 5.09. The third kappa shape index (κ3) is 2.00. The van der Waals surface area contributed by atoms with Crippen LogP contribution in [0.25, 0.3) is 16.9 Å². The molecule has 0 bridgehead atoms. The molecule has 0 aliphatic heterocycles. The van der Waals surface area contributed by atoms with Crippen molar-refractivity contribution >= 4 is 22.8 Å². The number of hydrogen-bond acceptors (Lipinski definition) is 3. The summed E-state index contributed by atoms with van der Waals surface area (Å²) >= 11 is 5.92. The molecule has 0 N–H and O–H groups in total. The van der Waals surface area contributed by atoms with Gasteiger partial charge in [0.05, 0.1) is 18.7 Å². The quantitative estimate of drug-likeness (QED) is 0.695. The van der Waals surface area contributed by atoms with Gasteiger partial charge in [0.1, 0.15) is 11.3 Å². The lowest BCUT2D eigenvalue weighted by molar-refractivity contribution is 0.386. The number of hydrogen-bond donors (Lipinski definition) is 0. The van der Waals surface area contributed by atoms with Gasteiger partial charge in [-0.2, -0.15) is 0 Å². The average Bonchev–Trinajstić information content (AvgIpc) is 2.85. The predicted molar refractivity (Wildman–Crippen MR) is 74.9 cm³/mol. The normalized spacial score (nSPS) is 10.9. The van der Waals surface area contributed by atoms with Gasteiger partial charge in [0.2, 0.25) is 0 Å². The molecule has 0 saturated carbocycles. The fourth-order valence-electron chi connectivity index (χ4n) is 2.11. The highest BCUT2D eigenvalue weighted by Crippen LogP contribution is 2.25. The summed E-state index contributed by atoms with van der Waals surface area (Å²) in [6.45, 7) is 0. The van der Waals surface area contributed by atoms with Crippen molar-refractivity contribution < 1.29 is 9.13 Å². The van der Waals surface area contributed by atoms with Gasteiger partial charge in [-0.1, -0.05) is 0 Å². The van der Waals surface area contributed by atoms with Crippen LogP contribution in [0.4, 0.5) is 4.39 Å². The summed E-state index contributed by atoms with van der Waals surface area (Å²) in [5.74, 6) is 0.580. The number of alkyl halides is 1. The third-order valence-corrected chi connectivity index (χ3v) is 3.24. The first kappa shape index (κ1) is 12.9. The number of aromatic nitrogens is 3. The van der Waals surface area contributed by atoms with Gasteiger partial charge >= 0.3 is 0 Å². The molecule has 2 heterocycles. The Morgan fingerprint density at radius 1 is 1.35 bits per heavy atom. The summed E-state index contributed by atoms with van der Waals surface area (Å²) in [5.41, 5.74) is 1.98. The standard InChI is InChI=1S/C14H11ClFN3O/c1-20-12-5-4-9(7-10(12)16)19-13(8-15)18-11-3-2-6-17-14(11)19/h2-7H,8H2,1H3. The van der Waals surface area contributed by atoms with E-state index in [9.17, 15) is 4.39 Å². The number of nitrogens with zero attached hydrogens (tertiary/aromatic N) is 3. The van der Waals surface area contributed by atoms with E-state index >= 15 is 0 Å². The number of methoxy groups -OCH3 is 1. The molecule has 4 nitrogen and oxygen atoms in total. The molecule has 0 radical (unpaired) electrons. The molecule has 0 unspecified atom stereocenters. The Bertz CT molecular complexity index is 772. The van der Waals surface area contributed by atoms with Gasteiger partial charge in [0.25, 0.3) is 0 Å². The highest BCUT2D eigenvalue weighted by atomic mass is 35.5. The van der Waals surface area contributed by atoms with Crippen LogP contribution < -0.4 is 4.74 Å². The molecule has 0 spiro atoms. The Morgan fingerprint density at radius 3 is 2.90 bits per heavy atom. The Labute approximate surface area is 119 Å². The molecule has 0 amide bonds. The molecular formula is C14H11ClFN3O. The minimum absolute atomic E-state index is 0.193. The zero-order valence-electron chi connectivity index (χ0n) is 10.7. The van der Waals surface area contributed by atoms with E-state index in [1.807, 2.05) is 6.07 Å². The highest BCUT2D eigenvalue weighted by molar-refractivity contribution is 6.16. The summed E-state index contributed by atoms with van der Waals surface area (Å²) in [6.07, 6.45) is 1.67. The molecule has 20 heavy (non-hydrogen) atoms. The molecular weight excluding hydrogens is 281 g/mol. The van der Waals surface area contributed by atoms with E-state index in [4.69, 9.17) is 16.3 Å². The minimum atomic E-state index is -0.441. The number of halogens is 2. The van der Waals surface area contributed by atoms with Crippen molar-refractivity contribution in [3.8, 4) is 11.4 Å². The van der Waals surface area contributed by atoms with Crippen molar-refractivity contribution in [3.05, 3.63) is 48.2 Å². The maximum atomic E-state index is 13.9. The van der Waals surface area contributed by atoms with E-state index in [0.29, 0.717) is 17.2 Å². The molecule has 3 aromatic rings. The molecule has 6 heteroatoms. The number of fused-ring (bicyclic) bond motifs is 1. The lowest BCUT2D eigenvalue weighted by Gasteiger charge is -2.09. The van der Waals surface area contributed by atoms with E-state index in [-0.39, 0.29) is 11.6 Å². The van der Waals surface area contributed by atoms with Crippen LogP contribution in [0.5, 0.6) is 5.75 Å². The van der Waals surface area contributed by atoms with Crippen LogP contribution in [0.15, 0.2) is 36.5 Å². The molecule has 0 aliphatic rings. The lowest BCUT2D eigenvalue weighted by Crippen LogP contribution is -2.01. The van der Waals surface area contributed by atoms with Gasteiger partial charge < -0.3 is 4.74 Å². The third-order valence-electron chi connectivity index (χ3n) is 3.00. The first-order valence-electron chi connectivity index (χ1n) is 5.97. The zero-order valence-corrected chi connectivity index (χ0v) is 11.4. The smallest absolute Gasteiger partial charge is 0.167 e. The molecule has 1 aromatic carbocycles. The maximum absolute atomic E-state index is 13.9. The fourth-order valence-corrected chi connectivity index (χ4v) is 2.29. The van der Waals surface area contributed by atoms with Crippen molar-refractivity contribution in [2.24, 2.45) is 0 Å². The van der Waals surface area contributed by atoms with Crippen LogP contribution in [0.2, 0.25) is 0 Å². The van der Waals surface area contributed by atoms with Crippen LogP contribution in [-0.4, -0.2) is 21.6 Å². The molecule has 102 valence electrons. The second-order valence-corrected chi connectivity index (χ2v) is 4.43. The van der Waals surface area contributed by atoms with Crippen LogP contribution in [0, 0.1) is 5.82 Å². The summed E-state index contributed by atoms with van der Waals surface area (Å²) < 4.78 is 20.5. The van der Waals surface area contributed by atoms with Gasteiger partial charge in [-0.15, -0.1) is 11.6 Å². The fraction of sp³-hybridized carbons (Fsp3) is 0.143. The molecule has 0 aliphatic carbocycles. The van der Waals surface area contributed by atoms with Crippen molar-refractivity contribution in [1.82, 2.24) is 14.5 Å². The molecule has 3 rings (SSSR count). The maximum Gasteiger partial charge on any atom is 0.167 e. The van der Waals surface area contributed by atoms with Crippen LogP contribution in [0.1, 0.15) is 5.82 Å². The van der Waals surface area contributed by atoms with E-state index in [1.54, 1.807) is 29.0 Å². The average molecular weight is 292 g/mol. The van der Waals surface area contributed by atoms with E-state index < -0.39 is 5.82 Å². The first-order valence-corrected chi connectivity index (χ1v) is 6.50. The minimum Gasteiger partial charge on any atom is -0.494 e. The van der Waals surface area contributed by atoms with Crippen molar-refractivity contribution in [1.29, 1.82) is 0 Å². The highest BCUT2D eigenvalue weighted by Gasteiger charge is 2.14. The molecule has 0 saturated heterocycles. The van der Waals surface area contributed by atoms with Gasteiger partial charge in [0, 0.05) is 12.3 Å². The molecule has 0 fully saturated rings. The Kier molecular flexibility index (Phi) is 3.28. The summed E-state index contributed by atoms with van der Waals surface area (Å²) in [6, 6.07) is 8.33. The van der Waals surface area contributed by atoms with Crippen LogP contribution >= 0.6 is 11.6 Å². The molecule has 2 aromatic heterocycles. The van der Waals surface area contributed by atoms with Crippen molar-refractivity contribution in [2.75, 3.05) is 7.11 Å². The Morgan fingerprint density at radius 2 is 2.20 bits per heavy atom. The topological polar surface area (TPSA) is 39.9 Å². The van der Waals surface area contributed by atoms with Crippen LogP contribution in [-0.2, 0) is 5.88 Å². The van der Waals surface area contributed by atoms with Gasteiger partial charge in [-0.25, -0.2) is 14.4 Å². The number of benzene rings is 1. The van der Waals surface area contributed by atoms with E-state index in [2.05, 4.69) is 9.97 Å². The van der Waals surface area contributed by atoms with E-state index in [1.165, 1.54) is 13.2 Å². The van der Waals surface area contributed by atoms with Gasteiger partial charge in [-0.3, -0.25) is 4.57 Å². The SMILES string of the molecule is COc1ccc(-n2c(CCl)nc3cccnc32)cc1F. The number of rotatable bonds is 3. The van der Waals surface area contributed by atoms with Crippen molar-refractivity contribution in [2.45, 2.75) is 5.88 Å². The van der Waals surface area contributed by atoms with Crippen LogP contribution in [0.3, 0.4) is 0 Å². The monoisotopic (exact) mass is 291 g/mol. The van der Waals surface area contributed by atoms with E-state index in [0.717, 1.165) is 5.52 Å². The van der Waals surface area contributed by atoms with Crippen molar-refractivity contribution in [3.63, 3.8) is 0 Å². The largest absolute Gasteiger partial charge is 0.494 e. The summed E-state index contributed by atoms with van der Waals surface area (Å²) in [5, 5.41) is 0. The lowest BCUT2D eigenvalue weighted by atomic mass is 10.3. The summed E-state index contributed by atoms with van der Waals surface area (Å²) in [7, 11) is 1.43. The first-order chi connectivity index (χ1) is 9.74. The zero-order chi connectivity index (χ0) is 14.1. The predicted octanol–water partition coefficient (Wildman–Crippen LogP) is 3.31. The van der Waals surface area contributed by atoms with Gasteiger partial charge in [-0.05, 0) is 24.3 Å². The number of pyridine rings is 1. The molecule has 0 atom stereocenters. The Hall–Kier alpha value is -2.14. The number of imidazole rings is 1.